The van der Waals surface area contributed by atoms with Crippen molar-refractivity contribution in [3.05, 3.63) is 0 Å². The van der Waals surface area contributed by atoms with Crippen LogP contribution in [-0.4, -0.2) is 25.2 Å². The molecule has 4 heteroatoms. The topological polar surface area (TPSA) is 52.6 Å². The fourth-order valence-corrected chi connectivity index (χ4v) is 4.45. The van der Waals surface area contributed by atoms with Crippen molar-refractivity contribution >= 4 is 11.9 Å². The second-order valence-corrected chi connectivity index (χ2v) is 10.4. The second-order valence-electron chi connectivity index (χ2n) is 10.4. The number of ether oxygens (including phenoxy) is 2. The second kappa shape index (κ2) is 17.5. The largest absolute Gasteiger partial charge is 0.465 e. The van der Waals surface area contributed by atoms with Crippen LogP contribution in [0.1, 0.15) is 124 Å². The van der Waals surface area contributed by atoms with Crippen LogP contribution in [0.4, 0.5) is 0 Å². The van der Waals surface area contributed by atoms with E-state index in [9.17, 15) is 9.59 Å². The van der Waals surface area contributed by atoms with E-state index in [0.29, 0.717) is 19.1 Å². The van der Waals surface area contributed by atoms with Crippen molar-refractivity contribution in [1.29, 1.82) is 0 Å². The number of unbranched alkanes of at least 4 members (excludes halogenated alkanes) is 7. The molecule has 2 atom stereocenters. The molecule has 0 heterocycles. The molecule has 182 valence electrons. The summed E-state index contributed by atoms with van der Waals surface area (Å²) < 4.78 is 11.1. The molecule has 0 aliphatic heterocycles. The van der Waals surface area contributed by atoms with Crippen molar-refractivity contribution in [2.75, 3.05) is 13.2 Å². The van der Waals surface area contributed by atoms with Crippen molar-refractivity contribution in [3.63, 3.8) is 0 Å². The quantitative estimate of drug-likeness (QED) is 0.174. The molecule has 0 aromatic carbocycles. The Bertz CT molecular complexity index is 472. The number of esters is 2. The Kier molecular flexibility index (Phi) is 15.8. The molecule has 0 spiro atoms. The summed E-state index contributed by atoms with van der Waals surface area (Å²) >= 11 is 0. The minimum atomic E-state index is -0.308. The van der Waals surface area contributed by atoms with Crippen molar-refractivity contribution in [3.8, 4) is 0 Å². The Morgan fingerprint density at radius 2 is 0.968 bits per heavy atom. The predicted molar refractivity (Wildman–Crippen MR) is 128 cm³/mol. The first-order valence-corrected chi connectivity index (χ1v) is 13.2. The van der Waals surface area contributed by atoms with Gasteiger partial charge in [-0.05, 0) is 43.9 Å². The zero-order valence-corrected chi connectivity index (χ0v) is 21.0. The maximum atomic E-state index is 12.6. The first kappa shape index (κ1) is 28.0. The van der Waals surface area contributed by atoms with Gasteiger partial charge in [-0.2, -0.15) is 0 Å². The molecule has 1 fully saturated rings. The van der Waals surface area contributed by atoms with Gasteiger partial charge in [0, 0.05) is 0 Å². The lowest BCUT2D eigenvalue weighted by atomic mass is 9.79. The van der Waals surface area contributed by atoms with E-state index < -0.39 is 0 Å². The van der Waals surface area contributed by atoms with Gasteiger partial charge >= 0.3 is 11.9 Å². The highest BCUT2D eigenvalue weighted by molar-refractivity contribution is 5.82. The van der Waals surface area contributed by atoms with E-state index in [1.54, 1.807) is 0 Å². The fourth-order valence-electron chi connectivity index (χ4n) is 4.45. The third kappa shape index (κ3) is 13.9. The summed E-state index contributed by atoms with van der Waals surface area (Å²) in [7, 11) is 0. The van der Waals surface area contributed by atoms with Crippen LogP contribution in [0.3, 0.4) is 0 Å². The normalized spacial score (nSPS) is 19.0. The maximum Gasteiger partial charge on any atom is 0.309 e. The number of hydrogen-bond donors (Lipinski definition) is 0. The van der Waals surface area contributed by atoms with Gasteiger partial charge in [0.2, 0.25) is 0 Å². The van der Waals surface area contributed by atoms with Crippen LogP contribution in [0.2, 0.25) is 0 Å². The molecule has 0 N–H and O–H groups in total. The number of rotatable bonds is 17. The smallest absolute Gasteiger partial charge is 0.309 e. The highest BCUT2D eigenvalue weighted by Crippen LogP contribution is 2.32. The van der Waals surface area contributed by atoms with Gasteiger partial charge in [0.1, 0.15) is 0 Å². The van der Waals surface area contributed by atoms with Gasteiger partial charge in [-0.3, -0.25) is 9.59 Å². The number of carbonyl (C=O) groups excluding carboxylic acids is 2. The average molecular weight is 439 g/mol. The Morgan fingerprint density at radius 1 is 0.613 bits per heavy atom. The van der Waals surface area contributed by atoms with Gasteiger partial charge in [0.15, 0.2) is 0 Å². The molecular formula is C27H50O4. The van der Waals surface area contributed by atoms with Gasteiger partial charge in [-0.25, -0.2) is 0 Å². The van der Waals surface area contributed by atoms with E-state index in [1.165, 1.54) is 38.5 Å². The van der Waals surface area contributed by atoms with Gasteiger partial charge in [-0.15, -0.1) is 0 Å². The predicted octanol–water partition coefficient (Wildman–Crippen LogP) is 7.48. The van der Waals surface area contributed by atoms with Gasteiger partial charge < -0.3 is 9.47 Å². The highest BCUT2D eigenvalue weighted by atomic mass is 16.5. The lowest BCUT2D eigenvalue weighted by molar-refractivity contribution is -0.163. The molecule has 0 saturated heterocycles. The third-order valence-corrected chi connectivity index (χ3v) is 6.46. The Hall–Kier alpha value is -1.06. The van der Waals surface area contributed by atoms with Gasteiger partial charge in [-0.1, -0.05) is 91.9 Å². The molecule has 0 amide bonds. The van der Waals surface area contributed by atoms with E-state index in [0.717, 1.165) is 63.7 Å². The summed E-state index contributed by atoms with van der Waals surface area (Å²) in [6.45, 7) is 9.95. The van der Waals surface area contributed by atoms with Crippen LogP contribution < -0.4 is 0 Å². The zero-order chi connectivity index (χ0) is 22.9. The maximum absolute atomic E-state index is 12.6. The monoisotopic (exact) mass is 438 g/mol. The molecule has 4 nitrogen and oxygen atoms in total. The summed E-state index contributed by atoms with van der Waals surface area (Å²) in [5.74, 6) is 0.506. The molecule has 1 aliphatic carbocycles. The average Bonchev–Trinajstić information content (AvgIpc) is 2.74. The van der Waals surface area contributed by atoms with Gasteiger partial charge in [0.25, 0.3) is 0 Å². The number of carbonyl (C=O) groups is 2. The van der Waals surface area contributed by atoms with Crippen molar-refractivity contribution < 1.29 is 19.1 Å². The molecule has 1 saturated carbocycles. The molecule has 0 bridgehead atoms. The minimum absolute atomic E-state index is 0.185. The van der Waals surface area contributed by atoms with E-state index in [1.807, 2.05) is 0 Å². The Balaban J connectivity index is 2.16. The molecule has 0 aromatic rings. The van der Waals surface area contributed by atoms with E-state index in [2.05, 4.69) is 27.7 Å². The van der Waals surface area contributed by atoms with Gasteiger partial charge in [0.05, 0.1) is 25.0 Å². The summed E-state index contributed by atoms with van der Waals surface area (Å²) in [5, 5.41) is 0. The molecule has 1 aliphatic rings. The molecule has 31 heavy (non-hydrogen) atoms. The first-order chi connectivity index (χ1) is 14.9. The zero-order valence-electron chi connectivity index (χ0n) is 21.0. The summed E-state index contributed by atoms with van der Waals surface area (Å²) in [6, 6.07) is 0. The standard InChI is InChI=1S/C27H50O4/c1-22(2)16-10-8-6-5-7-9-14-20-30-26(28)24-18-11-12-19-25(24)27(29)31-21-15-13-17-23(3)4/h22-25H,5-21H2,1-4H3. The molecule has 2 unspecified atom stereocenters. The summed E-state index contributed by atoms with van der Waals surface area (Å²) in [4.78, 5) is 25.1. The SMILES string of the molecule is CC(C)CCCCCCCCCOC(=O)C1CCCCC1C(=O)OCCCCC(C)C. The van der Waals surface area contributed by atoms with Crippen LogP contribution in [0, 0.1) is 23.7 Å². The Labute approximate surface area is 192 Å². The lowest BCUT2D eigenvalue weighted by Crippen LogP contribution is -2.35. The number of hydrogen-bond acceptors (Lipinski definition) is 4. The highest BCUT2D eigenvalue weighted by Gasteiger charge is 2.37. The lowest BCUT2D eigenvalue weighted by Gasteiger charge is -2.28. The van der Waals surface area contributed by atoms with Crippen LogP contribution in [0.5, 0.6) is 0 Å². The van der Waals surface area contributed by atoms with Crippen LogP contribution >= 0.6 is 0 Å². The molecule has 1 rings (SSSR count). The van der Waals surface area contributed by atoms with Crippen molar-refractivity contribution in [2.24, 2.45) is 23.7 Å². The third-order valence-electron chi connectivity index (χ3n) is 6.46. The van der Waals surface area contributed by atoms with Crippen LogP contribution in [0.15, 0.2) is 0 Å². The minimum Gasteiger partial charge on any atom is -0.465 e. The fraction of sp³-hybridized carbons (Fsp3) is 0.926. The van der Waals surface area contributed by atoms with Crippen LogP contribution in [0.25, 0.3) is 0 Å². The summed E-state index contributed by atoms with van der Waals surface area (Å²) in [6.07, 6.45) is 16.5. The van der Waals surface area contributed by atoms with Crippen molar-refractivity contribution in [1.82, 2.24) is 0 Å². The van der Waals surface area contributed by atoms with Crippen molar-refractivity contribution in [2.45, 2.75) is 124 Å². The van der Waals surface area contributed by atoms with Crippen LogP contribution in [-0.2, 0) is 19.1 Å². The first-order valence-electron chi connectivity index (χ1n) is 13.2. The Morgan fingerprint density at radius 3 is 1.42 bits per heavy atom. The molecule has 0 aromatic heterocycles. The van der Waals surface area contributed by atoms with E-state index >= 15 is 0 Å². The van der Waals surface area contributed by atoms with E-state index in [4.69, 9.17) is 9.47 Å². The van der Waals surface area contributed by atoms with E-state index in [-0.39, 0.29) is 23.8 Å². The summed E-state index contributed by atoms with van der Waals surface area (Å²) in [5.41, 5.74) is 0. The molecule has 0 radical (unpaired) electrons. The molecular weight excluding hydrogens is 388 g/mol.